The summed E-state index contributed by atoms with van der Waals surface area (Å²) in [5.74, 6) is -0.0618. The number of amides is 1. The van der Waals surface area contributed by atoms with Crippen LogP contribution in [0.4, 0.5) is 5.69 Å². The monoisotopic (exact) mass is 343 g/mol. The van der Waals surface area contributed by atoms with Gasteiger partial charge in [-0.3, -0.25) is 4.79 Å². The molecule has 2 rings (SSSR count). The van der Waals surface area contributed by atoms with Gasteiger partial charge in [0.25, 0.3) is 5.91 Å². The van der Waals surface area contributed by atoms with Crippen LogP contribution >= 0.6 is 34.5 Å². The molecular formula is C15H17Cl2N2OS+. The number of hydrogen-bond donors (Lipinski definition) is 2. The Morgan fingerprint density at radius 2 is 2.14 bits per heavy atom. The molecule has 0 aliphatic carbocycles. The van der Waals surface area contributed by atoms with Gasteiger partial charge in [0.15, 0.2) is 6.04 Å². The van der Waals surface area contributed by atoms with Crippen LogP contribution in [0.2, 0.25) is 10.0 Å². The molecule has 6 heteroatoms. The second-order valence-corrected chi connectivity index (χ2v) is 6.81. The zero-order valence-electron chi connectivity index (χ0n) is 11.8. The summed E-state index contributed by atoms with van der Waals surface area (Å²) in [5.41, 5.74) is 0.585. The minimum absolute atomic E-state index is 0.0618. The van der Waals surface area contributed by atoms with E-state index in [4.69, 9.17) is 23.2 Å². The summed E-state index contributed by atoms with van der Waals surface area (Å²) in [6, 6.07) is 8.95. The van der Waals surface area contributed by atoms with E-state index in [0.29, 0.717) is 15.7 Å². The molecule has 2 atom stereocenters. The van der Waals surface area contributed by atoms with Crippen LogP contribution in [-0.2, 0) is 11.3 Å². The van der Waals surface area contributed by atoms with Crippen LogP contribution in [0.1, 0.15) is 11.8 Å². The van der Waals surface area contributed by atoms with E-state index >= 15 is 0 Å². The van der Waals surface area contributed by atoms with Crippen molar-refractivity contribution >= 4 is 46.1 Å². The molecule has 0 aliphatic rings. The maximum absolute atomic E-state index is 12.3. The van der Waals surface area contributed by atoms with Crippen LogP contribution < -0.4 is 10.2 Å². The molecule has 0 spiro atoms. The van der Waals surface area contributed by atoms with E-state index in [1.165, 1.54) is 4.88 Å². The minimum Gasteiger partial charge on any atom is -0.323 e. The van der Waals surface area contributed by atoms with E-state index < -0.39 is 0 Å². The Morgan fingerprint density at radius 1 is 1.38 bits per heavy atom. The first-order valence-corrected chi connectivity index (χ1v) is 8.21. The molecule has 1 heterocycles. The van der Waals surface area contributed by atoms with E-state index in [9.17, 15) is 4.79 Å². The van der Waals surface area contributed by atoms with Gasteiger partial charge >= 0.3 is 0 Å². The highest BCUT2D eigenvalue weighted by Crippen LogP contribution is 2.25. The lowest BCUT2D eigenvalue weighted by Crippen LogP contribution is -3.12. The largest absolute Gasteiger partial charge is 0.323 e. The normalized spacial score (nSPS) is 13.7. The van der Waals surface area contributed by atoms with Gasteiger partial charge in [-0.25, -0.2) is 0 Å². The molecule has 112 valence electrons. The molecule has 21 heavy (non-hydrogen) atoms. The van der Waals surface area contributed by atoms with Crippen molar-refractivity contribution < 1.29 is 9.69 Å². The first-order valence-electron chi connectivity index (χ1n) is 6.58. The third-order valence-electron chi connectivity index (χ3n) is 3.35. The lowest BCUT2D eigenvalue weighted by Gasteiger charge is -2.20. The first-order chi connectivity index (χ1) is 9.97. The number of hydrogen-bond acceptors (Lipinski definition) is 2. The van der Waals surface area contributed by atoms with Crippen molar-refractivity contribution in [2.45, 2.75) is 19.5 Å². The molecule has 1 aromatic heterocycles. The second kappa shape index (κ2) is 7.27. The van der Waals surface area contributed by atoms with Crippen molar-refractivity contribution in [3.63, 3.8) is 0 Å². The maximum Gasteiger partial charge on any atom is 0.282 e. The summed E-state index contributed by atoms with van der Waals surface area (Å²) in [5, 5.41) is 5.88. The summed E-state index contributed by atoms with van der Waals surface area (Å²) >= 11 is 13.6. The van der Waals surface area contributed by atoms with Crippen LogP contribution in [0.3, 0.4) is 0 Å². The molecular weight excluding hydrogens is 327 g/mol. The number of anilines is 1. The summed E-state index contributed by atoms with van der Waals surface area (Å²) in [6.45, 7) is 2.72. The number of carbonyl (C=O) groups excluding carboxylic acids is 1. The van der Waals surface area contributed by atoms with Gasteiger partial charge in [-0.15, -0.1) is 11.3 Å². The topological polar surface area (TPSA) is 33.5 Å². The number of benzene rings is 1. The van der Waals surface area contributed by atoms with Crippen LogP contribution in [0.5, 0.6) is 0 Å². The molecule has 0 saturated carbocycles. The Labute approximate surface area is 138 Å². The molecule has 0 bridgehead atoms. The molecule has 3 nitrogen and oxygen atoms in total. The van der Waals surface area contributed by atoms with Crippen LogP contribution in [0, 0.1) is 0 Å². The van der Waals surface area contributed by atoms with Crippen LogP contribution in [0.15, 0.2) is 35.7 Å². The zero-order valence-corrected chi connectivity index (χ0v) is 14.1. The van der Waals surface area contributed by atoms with Gasteiger partial charge in [-0.1, -0.05) is 29.3 Å². The molecule has 1 aromatic carbocycles. The third kappa shape index (κ3) is 4.45. The smallest absolute Gasteiger partial charge is 0.282 e. The predicted octanol–water partition coefficient (Wildman–Crippen LogP) is 3.10. The Kier molecular flexibility index (Phi) is 5.65. The van der Waals surface area contributed by atoms with Gasteiger partial charge in [-0.05, 0) is 36.6 Å². The van der Waals surface area contributed by atoms with Gasteiger partial charge < -0.3 is 10.2 Å². The zero-order chi connectivity index (χ0) is 15.4. The first kappa shape index (κ1) is 16.3. The fourth-order valence-electron chi connectivity index (χ4n) is 1.90. The van der Waals surface area contributed by atoms with E-state index in [0.717, 1.165) is 11.4 Å². The molecule has 0 aliphatic heterocycles. The molecule has 2 N–H and O–H groups in total. The summed E-state index contributed by atoms with van der Waals surface area (Å²) in [4.78, 5) is 14.7. The van der Waals surface area contributed by atoms with Gasteiger partial charge in [0.05, 0.1) is 22.6 Å². The van der Waals surface area contributed by atoms with Gasteiger partial charge in [-0.2, -0.15) is 0 Å². The number of nitrogens with one attached hydrogen (secondary N) is 2. The average Bonchev–Trinajstić information content (AvgIpc) is 2.93. The van der Waals surface area contributed by atoms with E-state index in [1.54, 1.807) is 29.5 Å². The number of rotatable bonds is 5. The van der Waals surface area contributed by atoms with Gasteiger partial charge in [0, 0.05) is 5.02 Å². The molecule has 2 aromatic rings. The number of thiophene rings is 1. The fourth-order valence-corrected chi connectivity index (χ4v) is 3.15. The Morgan fingerprint density at radius 3 is 2.76 bits per heavy atom. The van der Waals surface area contributed by atoms with E-state index in [1.807, 2.05) is 25.4 Å². The second-order valence-electron chi connectivity index (χ2n) is 4.94. The van der Waals surface area contributed by atoms with Gasteiger partial charge in [0.1, 0.15) is 6.54 Å². The molecule has 0 radical (unpaired) electrons. The number of quaternary nitrogens is 1. The third-order valence-corrected chi connectivity index (χ3v) is 4.78. The number of carbonyl (C=O) groups is 1. The van der Waals surface area contributed by atoms with Crippen molar-refractivity contribution in [1.82, 2.24) is 0 Å². The van der Waals surface area contributed by atoms with Crippen LogP contribution in [-0.4, -0.2) is 19.0 Å². The molecule has 0 saturated heterocycles. The summed E-state index contributed by atoms with van der Waals surface area (Å²) in [7, 11) is 2.01. The molecule has 1 amide bonds. The quantitative estimate of drug-likeness (QED) is 0.859. The lowest BCUT2D eigenvalue weighted by atomic mass is 10.2. The highest BCUT2D eigenvalue weighted by molar-refractivity contribution is 7.09. The SMILES string of the molecule is C[C@@H](C(=O)Nc1ccc(Cl)cc1Cl)[NH+](C)Cc1cccs1. The maximum atomic E-state index is 12.3. The minimum atomic E-state index is -0.182. The highest BCUT2D eigenvalue weighted by Gasteiger charge is 2.22. The van der Waals surface area contributed by atoms with Crippen molar-refractivity contribution in [2.24, 2.45) is 0 Å². The fraction of sp³-hybridized carbons (Fsp3) is 0.267. The summed E-state index contributed by atoms with van der Waals surface area (Å²) < 4.78 is 0. The van der Waals surface area contributed by atoms with Gasteiger partial charge in [0.2, 0.25) is 0 Å². The molecule has 0 fully saturated rings. The molecule has 1 unspecified atom stereocenters. The summed E-state index contributed by atoms with van der Waals surface area (Å²) in [6.07, 6.45) is 0. The van der Waals surface area contributed by atoms with Crippen molar-refractivity contribution in [1.29, 1.82) is 0 Å². The highest BCUT2D eigenvalue weighted by atomic mass is 35.5. The van der Waals surface area contributed by atoms with Crippen molar-refractivity contribution in [2.75, 3.05) is 12.4 Å². The van der Waals surface area contributed by atoms with Crippen LogP contribution in [0.25, 0.3) is 0 Å². The lowest BCUT2D eigenvalue weighted by molar-refractivity contribution is -0.907. The Hall–Kier alpha value is -1.07. The van der Waals surface area contributed by atoms with E-state index in [-0.39, 0.29) is 11.9 Å². The number of likely N-dealkylation sites (N-methyl/N-ethyl adjacent to an activating group) is 1. The Balaban J connectivity index is 1.98. The van der Waals surface area contributed by atoms with Crippen molar-refractivity contribution in [3.8, 4) is 0 Å². The van der Waals surface area contributed by atoms with E-state index in [2.05, 4.69) is 11.4 Å². The Bertz CT molecular complexity index is 616. The van der Waals surface area contributed by atoms with Crippen molar-refractivity contribution in [3.05, 3.63) is 50.6 Å². The number of halogens is 2. The standard InChI is InChI=1S/C15H16Cl2N2OS/c1-10(19(2)9-12-4-3-7-21-12)15(20)18-14-6-5-11(16)8-13(14)17/h3-8,10H,9H2,1-2H3,(H,18,20)/p+1/t10-/m0/s1. The predicted molar refractivity (Wildman–Crippen MR) is 89.5 cm³/mol. The average molecular weight is 344 g/mol.